The molecule has 86 valence electrons. The molecule has 1 heterocycles. The summed E-state index contributed by atoms with van der Waals surface area (Å²) in [7, 11) is 0. The van der Waals surface area contributed by atoms with Gasteiger partial charge in [-0.2, -0.15) is 5.21 Å². The smallest absolute Gasteiger partial charge is 0.204 e. The molecule has 2 rings (SSSR count). The number of H-pyrrole nitrogens is 1. The van der Waals surface area contributed by atoms with Crippen LogP contribution in [0.2, 0.25) is 5.02 Å². The van der Waals surface area contributed by atoms with Gasteiger partial charge in [0.1, 0.15) is 5.82 Å². The van der Waals surface area contributed by atoms with Crippen molar-refractivity contribution in [3.05, 3.63) is 28.5 Å². The lowest BCUT2D eigenvalue weighted by molar-refractivity contribution is 0.611. The molecule has 1 aromatic heterocycles. The van der Waals surface area contributed by atoms with Crippen molar-refractivity contribution < 1.29 is 4.39 Å². The maximum absolute atomic E-state index is 13.3. The van der Waals surface area contributed by atoms with E-state index in [1.165, 1.54) is 6.07 Å². The maximum atomic E-state index is 13.3. The molecular formula is C8H8Cl2FN5. The molecule has 0 bridgehead atoms. The van der Waals surface area contributed by atoms with E-state index in [0.717, 1.165) is 0 Å². The highest BCUT2D eigenvalue weighted by Gasteiger charge is 2.11. The third-order valence-electron chi connectivity index (χ3n) is 1.93. The Bertz CT molecular complexity index is 474. The standard InChI is InChI=1S/C8H7ClFN5.ClH/c9-6-2-4(8-12-14-15-13-8)1-5(3-11)7(6)10;/h1-2H,3,11H2,(H,12,13,14,15);1H. The third kappa shape index (κ3) is 2.29. The minimum Gasteiger partial charge on any atom is -0.326 e. The van der Waals surface area contributed by atoms with Crippen molar-refractivity contribution in [2.24, 2.45) is 5.73 Å². The fourth-order valence-corrected chi connectivity index (χ4v) is 1.45. The van der Waals surface area contributed by atoms with Crippen molar-refractivity contribution in [1.29, 1.82) is 0 Å². The fourth-order valence-electron chi connectivity index (χ4n) is 1.21. The first-order valence-corrected chi connectivity index (χ1v) is 4.52. The van der Waals surface area contributed by atoms with Crippen LogP contribution in [0.15, 0.2) is 12.1 Å². The molecule has 0 unspecified atom stereocenters. The van der Waals surface area contributed by atoms with Crippen molar-refractivity contribution in [3.8, 4) is 11.4 Å². The molecule has 1 aromatic carbocycles. The molecule has 16 heavy (non-hydrogen) atoms. The van der Waals surface area contributed by atoms with Crippen molar-refractivity contribution in [2.45, 2.75) is 6.54 Å². The van der Waals surface area contributed by atoms with E-state index in [2.05, 4.69) is 20.6 Å². The van der Waals surface area contributed by atoms with Gasteiger partial charge >= 0.3 is 0 Å². The number of nitrogens with two attached hydrogens (primary N) is 1. The molecule has 0 aliphatic heterocycles. The van der Waals surface area contributed by atoms with E-state index in [-0.39, 0.29) is 24.0 Å². The summed E-state index contributed by atoms with van der Waals surface area (Å²) >= 11 is 5.70. The first-order valence-electron chi connectivity index (χ1n) is 4.14. The van der Waals surface area contributed by atoms with Crippen LogP contribution < -0.4 is 5.73 Å². The molecule has 0 atom stereocenters. The van der Waals surface area contributed by atoms with Crippen LogP contribution in [0.4, 0.5) is 4.39 Å². The molecule has 0 spiro atoms. The van der Waals surface area contributed by atoms with Gasteiger partial charge in [0.2, 0.25) is 5.82 Å². The molecule has 0 saturated carbocycles. The van der Waals surface area contributed by atoms with E-state index in [4.69, 9.17) is 17.3 Å². The van der Waals surface area contributed by atoms with E-state index < -0.39 is 5.82 Å². The Labute approximate surface area is 102 Å². The summed E-state index contributed by atoms with van der Waals surface area (Å²) in [4.78, 5) is 0. The zero-order chi connectivity index (χ0) is 10.8. The predicted molar refractivity (Wildman–Crippen MR) is 59.7 cm³/mol. The summed E-state index contributed by atoms with van der Waals surface area (Å²) < 4.78 is 13.3. The fraction of sp³-hybridized carbons (Fsp3) is 0.125. The van der Waals surface area contributed by atoms with E-state index in [1.807, 2.05) is 0 Å². The van der Waals surface area contributed by atoms with Gasteiger partial charge in [-0.15, -0.1) is 22.6 Å². The SMILES string of the molecule is Cl.NCc1cc(-c2nn[nH]n2)cc(Cl)c1F. The second-order valence-electron chi connectivity index (χ2n) is 2.87. The molecular weight excluding hydrogens is 256 g/mol. The summed E-state index contributed by atoms with van der Waals surface area (Å²) in [6, 6.07) is 2.98. The number of nitrogens with one attached hydrogen (secondary N) is 1. The van der Waals surface area contributed by atoms with E-state index in [9.17, 15) is 4.39 Å². The number of halogens is 3. The summed E-state index contributed by atoms with van der Waals surface area (Å²) in [6.07, 6.45) is 0. The highest BCUT2D eigenvalue weighted by atomic mass is 35.5. The Kier molecular flexibility index (Phi) is 4.17. The second kappa shape index (κ2) is 5.20. The van der Waals surface area contributed by atoms with Gasteiger partial charge in [0, 0.05) is 17.7 Å². The van der Waals surface area contributed by atoms with Gasteiger partial charge < -0.3 is 5.73 Å². The zero-order valence-electron chi connectivity index (χ0n) is 7.94. The Balaban J connectivity index is 0.00000128. The van der Waals surface area contributed by atoms with Crippen LogP contribution in [0.1, 0.15) is 5.56 Å². The van der Waals surface area contributed by atoms with Crippen molar-refractivity contribution in [2.75, 3.05) is 0 Å². The second-order valence-corrected chi connectivity index (χ2v) is 3.28. The average molecular weight is 264 g/mol. The summed E-state index contributed by atoms with van der Waals surface area (Å²) in [5, 5.41) is 13.2. The Hall–Kier alpha value is -1.24. The van der Waals surface area contributed by atoms with Gasteiger partial charge in [-0.3, -0.25) is 0 Å². The summed E-state index contributed by atoms with van der Waals surface area (Å²) in [5.41, 5.74) is 6.28. The van der Waals surface area contributed by atoms with Crippen LogP contribution in [0.3, 0.4) is 0 Å². The molecule has 0 aliphatic rings. The molecule has 0 saturated heterocycles. The predicted octanol–water partition coefficient (Wildman–Crippen LogP) is 1.54. The number of hydrogen-bond acceptors (Lipinski definition) is 4. The van der Waals surface area contributed by atoms with Crippen LogP contribution in [0, 0.1) is 5.82 Å². The lowest BCUT2D eigenvalue weighted by atomic mass is 10.1. The zero-order valence-corrected chi connectivity index (χ0v) is 9.52. The maximum Gasteiger partial charge on any atom is 0.204 e. The van der Waals surface area contributed by atoms with E-state index >= 15 is 0 Å². The largest absolute Gasteiger partial charge is 0.326 e. The normalized spacial score (nSPS) is 9.94. The first-order chi connectivity index (χ1) is 7.22. The van der Waals surface area contributed by atoms with Gasteiger partial charge in [0.15, 0.2) is 0 Å². The van der Waals surface area contributed by atoms with Gasteiger partial charge in [-0.25, -0.2) is 4.39 Å². The number of aromatic nitrogens is 4. The molecule has 3 N–H and O–H groups in total. The van der Waals surface area contributed by atoms with Crippen molar-refractivity contribution >= 4 is 24.0 Å². The van der Waals surface area contributed by atoms with Crippen LogP contribution in [0.25, 0.3) is 11.4 Å². The summed E-state index contributed by atoms with van der Waals surface area (Å²) in [6.45, 7) is 0.0667. The highest BCUT2D eigenvalue weighted by molar-refractivity contribution is 6.31. The minimum atomic E-state index is -0.508. The van der Waals surface area contributed by atoms with Gasteiger partial charge in [-0.1, -0.05) is 11.6 Å². The number of nitrogens with zero attached hydrogens (tertiary/aromatic N) is 3. The number of aromatic amines is 1. The topological polar surface area (TPSA) is 80.5 Å². The lowest BCUT2D eigenvalue weighted by Gasteiger charge is -2.03. The number of benzene rings is 1. The van der Waals surface area contributed by atoms with Crippen LogP contribution in [-0.2, 0) is 6.54 Å². The van der Waals surface area contributed by atoms with Gasteiger partial charge in [0.25, 0.3) is 0 Å². The Morgan fingerprint density at radius 1 is 1.44 bits per heavy atom. The van der Waals surface area contributed by atoms with Crippen LogP contribution in [0.5, 0.6) is 0 Å². The third-order valence-corrected chi connectivity index (χ3v) is 2.20. The van der Waals surface area contributed by atoms with Gasteiger partial charge in [-0.05, 0) is 17.3 Å². The van der Waals surface area contributed by atoms with E-state index in [0.29, 0.717) is 17.0 Å². The minimum absolute atomic E-state index is 0. The molecule has 2 aromatic rings. The molecule has 0 aliphatic carbocycles. The first kappa shape index (κ1) is 12.8. The quantitative estimate of drug-likeness (QED) is 0.862. The van der Waals surface area contributed by atoms with E-state index in [1.54, 1.807) is 6.07 Å². The van der Waals surface area contributed by atoms with Crippen LogP contribution >= 0.6 is 24.0 Å². The van der Waals surface area contributed by atoms with Crippen molar-refractivity contribution in [1.82, 2.24) is 20.6 Å². The molecule has 5 nitrogen and oxygen atoms in total. The molecule has 0 fully saturated rings. The summed E-state index contributed by atoms with van der Waals surface area (Å²) in [5.74, 6) is -0.155. The number of tetrazole rings is 1. The Morgan fingerprint density at radius 3 is 2.75 bits per heavy atom. The number of rotatable bonds is 2. The molecule has 0 amide bonds. The molecule has 8 heteroatoms. The monoisotopic (exact) mass is 263 g/mol. The number of hydrogen-bond donors (Lipinski definition) is 2. The lowest BCUT2D eigenvalue weighted by Crippen LogP contribution is -2.01. The van der Waals surface area contributed by atoms with Crippen molar-refractivity contribution in [3.63, 3.8) is 0 Å². The Morgan fingerprint density at radius 2 is 2.19 bits per heavy atom. The van der Waals surface area contributed by atoms with Crippen LogP contribution in [-0.4, -0.2) is 20.6 Å². The van der Waals surface area contributed by atoms with Gasteiger partial charge in [0.05, 0.1) is 5.02 Å². The molecule has 0 radical (unpaired) electrons. The average Bonchev–Trinajstić information content (AvgIpc) is 2.75. The highest BCUT2D eigenvalue weighted by Crippen LogP contribution is 2.25.